The number of ketones is 1. The third kappa shape index (κ3) is 4.32. The number of nitrogens with zero attached hydrogens (tertiary/aromatic N) is 2. The van der Waals surface area contributed by atoms with Crippen molar-refractivity contribution in [3.05, 3.63) is 83.2 Å². The fourth-order valence-corrected chi connectivity index (χ4v) is 5.41. The van der Waals surface area contributed by atoms with Crippen molar-refractivity contribution >= 4 is 44.1 Å². The first-order valence-corrected chi connectivity index (χ1v) is 12.5. The molecule has 0 saturated carbocycles. The Morgan fingerprint density at radius 2 is 1.76 bits per heavy atom. The van der Waals surface area contributed by atoms with E-state index < -0.39 is 29.3 Å². The van der Waals surface area contributed by atoms with Crippen LogP contribution in [0.4, 0.5) is 9.52 Å². The molecule has 0 spiro atoms. The molecule has 194 valence electrons. The molecule has 1 aromatic heterocycles. The molecule has 1 fully saturated rings. The van der Waals surface area contributed by atoms with Crippen LogP contribution in [0.25, 0.3) is 16.0 Å². The second-order valence-electron chi connectivity index (χ2n) is 8.34. The zero-order valence-corrected chi connectivity index (χ0v) is 21.5. The first-order valence-electron chi connectivity index (χ1n) is 11.7. The second-order valence-corrected chi connectivity index (χ2v) is 9.35. The standard InChI is InChI=1S/C28H23FN2O6S/c1-4-37-18-9-11-20-22(14-18)38-28(30-20)31-24(19-13-17(35-2)10-12-21(19)36-3)23(26(33)27(31)34)25(32)15-5-7-16(29)8-6-15/h5-14,24,32H,4H2,1-3H3/b25-23+. The summed E-state index contributed by atoms with van der Waals surface area (Å²) in [6.07, 6.45) is 0. The summed E-state index contributed by atoms with van der Waals surface area (Å²) < 4.78 is 30.9. The van der Waals surface area contributed by atoms with Gasteiger partial charge in [-0.25, -0.2) is 9.37 Å². The van der Waals surface area contributed by atoms with Gasteiger partial charge in [-0.3, -0.25) is 14.5 Å². The minimum Gasteiger partial charge on any atom is -0.507 e. The molecule has 1 aliphatic rings. The van der Waals surface area contributed by atoms with Gasteiger partial charge >= 0.3 is 5.91 Å². The van der Waals surface area contributed by atoms with Crippen molar-refractivity contribution in [1.82, 2.24) is 4.98 Å². The number of hydrogen-bond acceptors (Lipinski definition) is 8. The third-order valence-corrected chi connectivity index (χ3v) is 7.18. The molecule has 4 aromatic rings. The van der Waals surface area contributed by atoms with E-state index in [1.165, 1.54) is 42.6 Å². The van der Waals surface area contributed by atoms with Crippen molar-refractivity contribution in [2.45, 2.75) is 13.0 Å². The van der Waals surface area contributed by atoms with Gasteiger partial charge in [-0.1, -0.05) is 11.3 Å². The molecule has 3 aromatic carbocycles. The molecule has 38 heavy (non-hydrogen) atoms. The average molecular weight is 535 g/mol. The van der Waals surface area contributed by atoms with Gasteiger partial charge in [-0.15, -0.1) is 0 Å². The Balaban J connectivity index is 1.75. The van der Waals surface area contributed by atoms with Gasteiger partial charge in [0, 0.05) is 11.1 Å². The van der Waals surface area contributed by atoms with E-state index in [4.69, 9.17) is 14.2 Å². The van der Waals surface area contributed by atoms with E-state index in [1.54, 1.807) is 30.3 Å². The Labute approximate surface area is 221 Å². The maximum absolute atomic E-state index is 13.6. The molecule has 1 saturated heterocycles. The number of carbonyl (C=O) groups is 2. The molecule has 1 N–H and O–H groups in total. The molecule has 0 bridgehead atoms. The first kappa shape index (κ1) is 25.2. The predicted octanol–water partition coefficient (Wildman–Crippen LogP) is 5.48. The second kappa shape index (κ2) is 10.1. The number of carbonyl (C=O) groups excluding carboxylic acids is 2. The number of thiazole rings is 1. The molecule has 1 aliphatic heterocycles. The van der Waals surface area contributed by atoms with Gasteiger partial charge < -0.3 is 19.3 Å². The Bertz CT molecular complexity index is 1580. The van der Waals surface area contributed by atoms with Gasteiger partial charge in [0.15, 0.2) is 5.13 Å². The van der Waals surface area contributed by atoms with Crippen LogP contribution in [0.1, 0.15) is 24.1 Å². The van der Waals surface area contributed by atoms with Crippen molar-refractivity contribution in [2.24, 2.45) is 0 Å². The summed E-state index contributed by atoms with van der Waals surface area (Å²) in [6.45, 7) is 2.37. The Morgan fingerprint density at radius 3 is 2.45 bits per heavy atom. The van der Waals surface area contributed by atoms with Crippen molar-refractivity contribution in [3.63, 3.8) is 0 Å². The maximum Gasteiger partial charge on any atom is 0.301 e. The monoisotopic (exact) mass is 534 g/mol. The molecule has 10 heteroatoms. The number of aliphatic hydroxyl groups is 1. The van der Waals surface area contributed by atoms with Crippen LogP contribution in [-0.2, 0) is 9.59 Å². The van der Waals surface area contributed by atoms with Crippen LogP contribution in [0, 0.1) is 5.82 Å². The van der Waals surface area contributed by atoms with E-state index in [9.17, 15) is 19.1 Å². The van der Waals surface area contributed by atoms with Crippen molar-refractivity contribution in [2.75, 3.05) is 25.7 Å². The minimum atomic E-state index is -1.10. The normalized spacial score (nSPS) is 16.7. The maximum atomic E-state index is 13.6. The van der Waals surface area contributed by atoms with Crippen LogP contribution in [-0.4, -0.2) is 42.6 Å². The fourth-order valence-electron chi connectivity index (χ4n) is 4.39. The number of aromatic nitrogens is 1. The number of benzene rings is 3. The number of amides is 1. The number of aliphatic hydroxyl groups excluding tert-OH is 1. The zero-order valence-electron chi connectivity index (χ0n) is 20.7. The van der Waals surface area contributed by atoms with E-state index in [0.29, 0.717) is 34.9 Å². The quantitative estimate of drug-likeness (QED) is 0.191. The lowest BCUT2D eigenvalue weighted by Crippen LogP contribution is -2.29. The van der Waals surface area contributed by atoms with Gasteiger partial charge in [0.25, 0.3) is 5.78 Å². The van der Waals surface area contributed by atoms with Crippen LogP contribution < -0.4 is 19.1 Å². The molecule has 1 amide bonds. The number of hydrogen-bond donors (Lipinski definition) is 1. The van der Waals surface area contributed by atoms with Gasteiger partial charge in [0.2, 0.25) is 0 Å². The highest BCUT2D eigenvalue weighted by Gasteiger charge is 2.49. The summed E-state index contributed by atoms with van der Waals surface area (Å²) in [6, 6.07) is 14.2. The first-order chi connectivity index (χ1) is 18.4. The van der Waals surface area contributed by atoms with E-state index in [2.05, 4.69) is 4.98 Å². The fraction of sp³-hybridized carbons (Fsp3) is 0.179. The Kier molecular flexibility index (Phi) is 6.73. The summed E-state index contributed by atoms with van der Waals surface area (Å²) >= 11 is 1.21. The lowest BCUT2D eigenvalue weighted by molar-refractivity contribution is -0.132. The van der Waals surface area contributed by atoms with Crippen molar-refractivity contribution in [1.29, 1.82) is 0 Å². The number of Topliss-reactive ketones (excluding diaryl/α,β-unsaturated/α-hetero) is 1. The molecule has 5 rings (SSSR count). The van der Waals surface area contributed by atoms with Gasteiger partial charge in [-0.2, -0.15) is 0 Å². The molecule has 2 heterocycles. The predicted molar refractivity (Wildman–Crippen MR) is 142 cm³/mol. The largest absolute Gasteiger partial charge is 0.507 e. The van der Waals surface area contributed by atoms with Crippen LogP contribution >= 0.6 is 11.3 Å². The molecule has 0 aliphatic carbocycles. The smallest absolute Gasteiger partial charge is 0.301 e. The van der Waals surface area contributed by atoms with E-state index in [-0.39, 0.29) is 16.3 Å². The Morgan fingerprint density at radius 1 is 1.03 bits per heavy atom. The van der Waals surface area contributed by atoms with E-state index >= 15 is 0 Å². The van der Waals surface area contributed by atoms with E-state index in [0.717, 1.165) is 16.8 Å². The number of halogens is 1. The summed E-state index contributed by atoms with van der Waals surface area (Å²) in [5.41, 5.74) is 1.03. The Hall–Kier alpha value is -4.44. The number of anilines is 1. The van der Waals surface area contributed by atoms with E-state index in [1.807, 2.05) is 13.0 Å². The highest BCUT2D eigenvalue weighted by Crippen LogP contribution is 2.47. The molecule has 0 radical (unpaired) electrons. The molecule has 8 nitrogen and oxygen atoms in total. The number of ether oxygens (including phenoxy) is 3. The molecule has 1 unspecified atom stereocenters. The topological polar surface area (TPSA) is 98.2 Å². The van der Waals surface area contributed by atoms with Crippen LogP contribution in [0.5, 0.6) is 17.2 Å². The number of fused-ring (bicyclic) bond motifs is 1. The SMILES string of the molecule is CCOc1ccc2nc(N3C(=O)C(=O)/C(=C(/O)c4ccc(F)cc4)C3c3cc(OC)ccc3OC)sc2c1. The highest BCUT2D eigenvalue weighted by molar-refractivity contribution is 7.22. The van der Waals surface area contributed by atoms with Crippen LogP contribution in [0.2, 0.25) is 0 Å². The number of rotatable bonds is 7. The molecular formula is C28H23FN2O6S. The molecule has 1 atom stereocenters. The number of methoxy groups -OCH3 is 2. The van der Waals surface area contributed by atoms with Crippen LogP contribution in [0.15, 0.2) is 66.2 Å². The molecular weight excluding hydrogens is 511 g/mol. The lowest BCUT2D eigenvalue weighted by Gasteiger charge is -2.25. The summed E-state index contributed by atoms with van der Waals surface area (Å²) in [4.78, 5) is 32.9. The summed E-state index contributed by atoms with van der Waals surface area (Å²) in [5.74, 6) is -1.25. The summed E-state index contributed by atoms with van der Waals surface area (Å²) in [5, 5.41) is 11.5. The van der Waals surface area contributed by atoms with Crippen LogP contribution in [0.3, 0.4) is 0 Å². The zero-order chi connectivity index (χ0) is 27.0. The van der Waals surface area contributed by atoms with Crippen molar-refractivity contribution in [3.8, 4) is 17.2 Å². The highest BCUT2D eigenvalue weighted by atomic mass is 32.1. The van der Waals surface area contributed by atoms with Crippen molar-refractivity contribution < 1.29 is 33.3 Å². The minimum absolute atomic E-state index is 0.178. The third-order valence-electron chi connectivity index (χ3n) is 6.16. The lowest BCUT2D eigenvalue weighted by atomic mass is 9.94. The van der Waals surface area contributed by atoms with Gasteiger partial charge in [-0.05, 0) is 67.6 Å². The summed E-state index contributed by atoms with van der Waals surface area (Å²) in [7, 11) is 2.95. The van der Waals surface area contributed by atoms with Gasteiger partial charge in [0.1, 0.15) is 34.9 Å². The van der Waals surface area contributed by atoms with Gasteiger partial charge in [0.05, 0.1) is 36.6 Å². The average Bonchev–Trinajstić information content (AvgIpc) is 3.46.